The van der Waals surface area contributed by atoms with Gasteiger partial charge in [-0.3, -0.25) is 9.59 Å². The zero-order valence-electron chi connectivity index (χ0n) is 14.5. The molecule has 3 aromatic rings. The molecule has 0 saturated heterocycles. The lowest BCUT2D eigenvalue weighted by atomic mass is 10.2. The summed E-state index contributed by atoms with van der Waals surface area (Å²) in [6, 6.07) is 11.4. The summed E-state index contributed by atoms with van der Waals surface area (Å²) in [5, 5.41) is 5.78. The molecular formula is C20H20N4O2. The lowest BCUT2D eigenvalue weighted by Gasteiger charge is -2.07. The molecule has 1 aliphatic carbocycles. The summed E-state index contributed by atoms with van der Waals surface area (Å²) in [4.78, 5) is 28.4. The fourth-order valence-corrected chi connectivity index (χ4v) is 2.76. The largest absolute Gasteiger partial charge is 0.347 e. The third-order valence-electron chi connectivity index (χ3n) is 4.47. The van der Waals surface area contributed by atoms with Gasteiger partial charge in [0.25, 0.3) is 5.91 Å². The number of pyridine rings is 1. The molecule has 1 saturated carbocycles. The van der Waals surface area contributed by atoms with E-state index in [1.165, 1.54) is 0 Å². The van der Waals surface area contributed by atoms with Gasteiger partial charge in [-0.2, -0.15) is 0 Å². The Bertz CT molecular complexity index is 971. The van der Waals surface area contributed by atoms with Crippen LogP contribution in [0.2, 0.25) is 0 Å². The minimum atomic E-state index is -0.211. The van der Waals surface area contributed by atoms with Gasteiger partial charge in [-0.25, -0.2) is 4.98 Å². The Balaban J connectivity index is 1.36. The number of anilines is 1. The first kappa shape index (κ1) is 16.3. The highest BCUT2D eigenvalue weighted by Crippen LogP contribution is 2.30. The van der Waals surface area contributed by atoms with Crippen LogP contribution >= 0.6 is 0 Å². The normalized spacial score (nSPS) is 13.6. The van der Waals surface area contributed by atoms with E-state index in [0.29, 0.717) is 12.2 Å². The van der Waals surface area contributed by atoms with Gasteiger partial charge in [0.15, 0.2) is 0 Å². The first-order valence-corrected chi connectivity index (χ1v) is 8.72. The van der Waals surface area contributed by atoms with Crippen LogP contribution in [-0.4, -0.2) is 21.2 Å². The standard InChI is InChI=1S/C20H20N4O2/c1-13-8-9-24-12-17(23-18(24)10-13)20(26)21-11-14-2-6-16(7-3-14)22-19(25)15-4-5-15/h2-3,6-10,12,15H,4-5,11H2,1H3,(H,21,26)(H,22,25). The van der Waals surface area contributed by atoms with Crippen molar-refractivity contribution in [2.45, 2.75) is 26.3 Å². The van der Waals surface area contributed by atoms with Crippen molar-refractivity contribution in [2.75, 3.05) is 5.32 Å². The Labute approximate surface area is 151 Å². The maximum absolute atomic E-state index is 12.3. The molecule has 0 aliphatic heterocycles. The van der Waals surface area contributed by atoms with Crippen molar-refractivity contribution >= 4 is 23.1 Å². The van der Waals surface area contributed by atoms with Gasteiger partial charge in [0.1, 0.15) is 11.3 Å². The molecule has 2 aromatic heterocycles. The van der Waals surface area contributed by atoms with E-state index in [1.54, 1.807) is 6.20 Å². The Morgan fingerprint density at radius 1 is 1.19 bits per heavy atom. The third kappa shape index (κ3) is 3.59. The van der Waals surface area contributed by atoms with E-state index in [9.17, 15) is 9.59 Å². The molecule has 1 fully saturated rings. The quantitative estimate of drug-likeness (QED) is 0.744. The van der Waals surface area contributed by atoms with Gasteiger partial charge >= 0.3 is 0 Å². The molecule has 0 spiro atoms. The number of carbonyl (C=O) groups excluding carboxylic acids is 2. The molecule has 132 valence electrons. The van der Waals surface area contributed by atoms with E-state index in [0.717, 1.165) is 35.3 Å². The third-order valence-corrected chi connectivity index (χ3v) is 4.47. The minimum absolute atomic E-state index is 0.0909. The number of rotatable bonds is 5. The Kier molecular flexibility index (Phi) is 4.16. The molecule has 4 rings (SSSR count). The van der Waals surface area contributed by atoms with Crippen LogP contribution in [0.3, 0.4) is 0 Å². The lowest BCUT2D eigenvalue weighted by Crippen LogP contribution is -2.23. The van der Waals surface area contributed by atoms with Crippen LogP contribution in [0, 0.1) is 12.8 Å². The highest BCUT2D eigenvalue weighted by molar-refractivity contribution is 5.94. The van der Waals surface area contributed by atoms with Crippen LogP contribution in [0.4, 0.5) is 5.69 Å². The van der Waals surface area contributed by atoms with Gasteiger partial charge in [0.2, 0.25) is 5.91 Å². The number of hydrogen-bond acceptors (Lipinski definition) is 3. The minimum Gasteiger partial charge on any atom is -0.347 e. The zero-order valence-corrected chi connectivity index (χ0v) is 14.5. The van der Waals surface area contributed by atoms with E-state index >= 15 is 0 Å². The summed E-state index contributed by atoms with van der Waals surface area (Å²) < 4.78 is 1.83. The number of carbonyl (C=O) groups is 2. The molecule has 26 heavy (non-hydrogen) atoms. The molecule has 6 nitrogen and oxygen atoms in total. The van der Waals surface area contributed by atoms with Gasteiger partial charge < -0.3 is 15.0 Å². The number of imidazole rings is 1. The second kappa shape index (κ2) is 6.63. The molecule has 0 atom stereocenters. The van der Waals surface area contributed by atoms with Crippen LogP contribution in [0.5, 0.6) is 0 Å². The van der Waals surface area contributed by atoms with Crippen LogP contribution in [0.15, 0.2) is 48.8 Å². The number of hydrogen-bond donors (Lipinski definition) is 2. The number of aryl methyl sites for hydroxylation is 1. The molecule has 1 aromatic carbocycles. The summed E-state index contributed by atoms with van der Waals surface area (Å²) in [6.07, 6.45) is 5.58. The topological polar surface area (TPSA) is 75.5 Å². The van der Waals surface area contributed by atoms with E-state index in [2.05, 4.69) is 15.6 Å². The van der Waals surface area contributed by atoms with Crippen molar-refractivity contribution in [3.8, 4) is 0 Å². The van der Waals surface area contributed by atoms with Crippen molar-refractivity contribution in [1.82, 2.24) is 14.7 Å². The van der Waals surface area contributed by atoms with Gasteiger partial charge in [-0.05, 0) is 55.2 Å². The summed E-state index contributed by atoms with van der Waals surface area (Å²) >= 11 is 0. The number of benzene rings is 1. The first-order chi connectivity index (χ1) is 12.6. The molecule has 2 amide bonds. The van der Waals surface area contributed by atoms with Crippen LogP contribution < -0.4 is 10.6 Å². The maximum atomic E-state index is 12.3. The van der Waals surface area contributed by atoms with Crippen molar-refractivity contribution in [3.05, 3.63) is 65.6 Å². The Morgan fingerprint density at radius 2 is 1.96 bits per heavy atom. The smallest absolute Gasteiger partial charge is 0.271 e. The summed E-state index contributed by atoms with van der Waals surface area (Å²) in [6.45, 7) is 2.40. The van der Waals surface area contributed by atoms with Gasteiger partial charge in [-0.15, -0.1) is 0 Å². The average molecular weight is 348 g/mol. The fourth-order valence-electron chi connectivity index (χ4n) is 2.76. The van der Waals surface area contributed by atoms with Crippen molar-refractivity contribution in [1.29, 1.82) is 0 Å². The van der Waals surface area contributed by atoms with Crippen LogP contribution in [0.1, 0.15) is 34.5 Å². The molecule has 0 unspecified atom stereocenters. The summed E-state index contributed by atoms with van der Waals surface area (Å²) in [7, 11) is 0. The van der Waals surface area contributed by atoms with Gasteiger partial charge in [0.05, 0.1) is 0 Å². The second-order valence-corrected chi connectivity index (χ2v) is 6.74. The number of fused-ring (bicyclic) bond motifs is 1. The monoisotopic (exact) mass is 348 g/mol. The number of nitrogens with zero attached hydrogens (tertiary/aromatic N) is 2. The molecule has 2 N–H and O–H groups in total. The summed E-state index contributed by atoms with van der Waals surface area (Å²) in [5.74, 6) is 0.0637. The number of nitrogens with one attached hydrogen (secondary N) is 2. The SMILES string of the molecule is Cc1ccn2cc(C(=O)NCc3ccc(NC(=O)C4CC4)cc3)nc2c1. The van der Waals surface area contributed by atoms with E-state index in [4.69, 9.17) is 0 Å². The highest BCUT2D eigenvalue weighted by Gasteiger charge is 2.29. The average Bonchev–Trinajstić information content (AvgIpc) is 3.40. The van der Waals surface area contributed by atoms with E-state index < -0.39 is 0 Å². The predicted octanol–water partition coefficient (Wildman–Crippen LogP) is 2.92. The fraction of sp³-hybridized carbons (Fsp3) is 0.250. The van der Waals surface area contributed by atoms with E-state index in [1.807, 2.05) is 53.9 Å². The number of aromatic nitrogens is 2. The molecule has 2 heterocycles. The molecule has 1 aliphatic rings. The zero-order chi connectivity index (χ0) is 18.1. The van der Waals surface area contributed by atoms with Gasteiger partial charge in [0, 0.05) is 30.5 Å². The van der Waals surface area contributed by atoms with Crippen molar-refractivity contribution in [2.24, 2.45) is 5.92 Å². The molecular weight excluding hydrogens is 328 g/mol. The maximum Gasteiger partial charge on any atom is 0.271 e. The summed E-state index contributed by atoms with van der Waals surface area (Å²) in [5.41, 5.74) is 3.99. The molecule has 0 radical (unpaired) electrons. The van der Waals surface area contributed by atoms with Crippen LogP contribution in [-0.2, 0) is 11.3 Å². The lowest BCUT2D eigenvalue weighted by molar-refractivity contribution is -0.117. The highest BCUT2D eigenvalue weighted by atomic mass is 16.2. The number of amides is 2. The second-order valence-electron chi connectivity index (χ2n) is 6.74. The molecule has 6 heteroatoms. The molecule has 0 bridgehead atoms. The van der Waals surface area contributed by atoms with Crippen LogP contribution in [0.25, 0.3) is 5.65 Å². The Hall–Kier alpha value is -3.15. The van der Waals surface area contributed by atoms with Crippen molar-refractivity contribution in [3.63, 3.8) is 0 Å². The Morgan fingerprint density at radius 3 is 2.69 bits per heavy atom. The first-order valence-electron chi connectivity index (χ1n) is 8.72. The van der Waals surface area contributed by atoms with Gasteiger partial charge in [-0.1, -0.05) is 12.1 Å². The van der Waals surface area contributed by atoms with Crippen molar-refractivity contribution < 1.29 is 9.59 Å². The van der Waals surface area contributed by atoms with E-state index in [-0.39, 0.29) is 17.7 Å². The predicted molar refractivity (Wildman–Crippen MR) is 98.9 cm³/mol.